The summed E-state index contributed by atoms with van der Waals surface area (Å²) in [6.07, 6.45) is 0. The van der Waals surface area contributed by atoms with E-state index < -0.39 is 0 Å². The van der Waals surface area contributed by atoms with E-state index in [4.69, 9.17) is 9.40 Å². The molecule has 0 fully saturated rings. The van der Waals surface area contributed by atoms with Crippen LogP contribution in [0.25, 0.3) is 71.9 Å². The number of aromatic nitrogens is 2. The van der Waals surface area contributed by atoms with Crippen molar-refractivity contribution in [3.05, 3.63) is 121 Å². The van der Waals surface area contributed by atoms with Crippen LogP contribution in [0.4, 0.5) is 0 Å². The Bertz CT molecular complexity index is 2200. The van der Waals surface area contributed by atoms with Gasteiger partial charge in [0.15, 0.2) is 0 Å². The summed E-state index contributed by atoms with van der Waals surface area (Å²) < 4.78 is 8.88. The average molecular weight is 486 g/mol. The molecule has 0 N–H and O–H groups in total. The van der Waals surface area contributed by atoms with Gasteiger partial charge in [0.25, 0.3) is 0 Å². The zero-order valence-corrected chi connectivity index (χ0v) is 20.2. The van der Waals surface area contributed by atoms with Crippen molar-refractivity contribution >= 4 is 43.7 Å². The molecule has 38 heavy (non-hydrogen) atoms. The fourth-order valence-electron chi connectivity index (χ4n) is 5.72. The molecule has 176 valence electrons. The third-order valence-electron chi connectivity index (χ3n) is 7.39. The highest BCUT2D eigenvalue weighted by atomic mass is 16.3. The van der Waals surface area contributed by atoms with Gasteiger partial charge in [-0.25, -0.2) is 4.98 Å². The lowest BCUT2D eigenvalue weighted by molar-refractivity contribution is 0.622. The van der Waals surface area contributed by atoms with Gasteiger partial charge in [-0.05, 0) is 66.7 Å². The Balaban J connectivity index is 1.49. The van der Waals surface area contributed by atoms with E-state index in [1.807, 2.05) is 72.8 Å². The van der Waals surface area contributed by atoms with E-state index in [-0.39, 0.29) is 0 Å². The van der Waals surface area contributed by atoms with E-state index in [0.717, 1.165) is 71.9 Å². The second kappa shape index (κ2) is 7.80. The number of para-hydroxylation sites is 3. The van der Waals surface area contributed by atoms with Crippen molar-refractivity contribution in [3.8, 4) is 34.3 Å². The van der Waals surface area contributed by atoms with Gasteiger partial charge in [0.1, 0.15) is 11.3 Å². The van der Waals surface area contributed by atoms with Gasteiger partial charge in [0, 0.05) is 32.8 Å². The molecule has 5 aromatic carbocycles. The summed E-state index contributed by atoms with van der Waals surface area (Å²) in [6.45, 7) is 0. The van der Waals surface area contributed by atoms with Crippen molar-refractivity contribution in [2.45, 2.75) is 0 Å². The summed E-state index contributed by atoms with van der Waals surface area (Å²) in [5, 5.41) is 13.8. The SMILES string of the molecule is N#Cc1ccc2c(c1)c1cc(-c3oc4ccccc4c4nc5ccccc5c3-4)ccc1n2-c1ccccc1. The van der Waals surface area contributed by atoms with Gasteiger partial charge in [-0.1, -0.05) is 48.5 Å². The first-order valence-electron chi connectivity index (χ1n) is 12.5. The summed E-state index contributed by atoms with van der Waals surface area (Å²) in [4.78, 5) is 5.01. The molecule has 6 aromatic rings. The van der Waals surface area contributed by atoms with Crippen LogP contribution in [0.1, 0.15) is 5.56 Å². The lowest BCUT2D eigenvalue weighted by atomic mass is 9.98. The highest BCUT2D eigenvalue weighted by molar-refractivity contribution is 6.13. The number of benzene rings is 5. The number of hydrogen-bond donors (Lipinski definition) is 0. The maximum Gasteiger partial charge on any atom is 0.144 e. The third-order valence-corrected chi connectivity index (χ3v) is 7.39. The second-order valence-corrected chi connectivity index (χ2v) is 9.53. The van der Waals surface area contributed by atoms with Crippen molar-refractivity contribution in [2.24, 2.45) is 0 Å². The Morgan fingerprint density at radius 2 is 1.37 bits per heavy atom. The van der Waals surface area contributed by atoms with Crippen LogP contribution in [0.3, 0.4) is 0 Å². The van der Waals surface area contributed by atoms with Gasteiger partial charge in [0.2, 0.25) is 0 Å². The van der Waals surface area contributed by atoms with E-state index in [1.54, 1.807) is 0 Å². The summed E-state index contributed by atoms with van der Waals surface area (Å²) in [5.74, 6) is 0.798. The van der Waals surface area contributed by atoms with Gasteiger partial charge >= 0.3 is 0 Å². The lowest BCUT2D eigenvalue weighted by Crippen LogP contribution is -1.93. The lowest BCUT2D eigenvalue weighted by Gasteiger charge is -2.12. The molecule has 0 unspecified atom stereocenters. The number of hydrogen-bond acceptors (Lipinski definition) is 3. The van der Waals surface area contributed by atoms with Gasteiger partial charge in [-0.15, -0.1) is 0 Å². The van der Waals surface area contributed by atoms with Gasteiger partial charge in [-0.2, -0.15) is 5.26 Å². The molecular formula is C34H19N3O. The normalized spacial score (nSPS) is 11.7. The molecule has 0 bridgehead atoms. The number of nitriles is 1. The number of fused-ring (bicyclic) bond motifs is 8. The minimum absolute atomic E-state index is 0.638. The van der Waals surface area contributed by atoms with Gasteiger partial charge < -0.3 is 8.98 Å². The molecule has 1 aromatic heterocycles. The van der Waals surface area contributed by atoms with Gasteiger partial charge in [-0.3, -0.25) is 0 Å². The van der Waals surface area contributed by atoms with Gasteiger partial charge in [0.05, 0.1) is 39.4 Å². The van der Waals surface area contributed by atoms with E-state index in [9.17, 15) is 5.26 Å². The van der Waals surface area contributed by atoms with E-state index >= 15 is 0 Å². The predicted octanol–water partition coefficient (Wildman–Crippen LogP) is 8.72. The maximum absolute atomic E-state index is 9.64. The van der Waals surface area contributed by atoms with Crippen molar-refractivity contribution < 1.29 is 4.42 Å². The minimum atomic E-state index is 0.638. The minimum Gasteiger partial charge on any atom is -0.455 e. The van der Waals surface area contributed by atoms with Crippen molar-refractivity contribution in [3.63, 3.8) is 0 Å². The van der Waals surface area contributed by atoms with Crippen LogP contribution in [0.2, 0.25) is 0 Å². The number of rotatable bonds is 2. The molecule has 0 saturated carbocycles. The fourth-order valence-corrected chi connectivity index (χ4v) is 5.72. The molecule has 8 rings (SSSR count). The van der Waals surface area contributed by atoms with E-state index in [2.05, 4.69) is 53.1 Å². The summed E-state index contributed by atoms with van der Waals surface area (Å²) >= 11 is 0. The molecule has 0 saturated heterocycles. The van der Waals surface area contributed by atoms with Crippen LogP contribution in [0, 0.1) is 11.3 Å². The van der Waals surface area contributed by atoms with Crippen molar-refractivity contribution in [1.82, 2.24) is 9.55 Å². The predicted molar refractivity (Wildman–Crippen MR) is 153 cm³/mol. The van der Waals surface area contributed by atoms with Crippen LogP contribution >= 0.6 is 0 Å². The standard InChI is InChI=1S/C34H19N3O/c35-20-21-14-16-29-26(18-21)27-19-22(15-17-30(27)37(29)23-8-2-1-3-9-23)34-32-24-10-4-6-12-28(24)36-33(32)25-11-5-7-13-31(25)38-34/h1-19H. The Morgan fingerprint density at radius 1 is 0.658 bits per heavy atom. The summed E-state index contributed by atoms with van der Waals surface area (Å²) in [5.41, 5.74) is 8.54. The molecule has 0 spiro atoms. The van der Waals surface area contributed by atoms with Crippen LogP contribution in [-0.2, 0) is 0 Å². The summed E-state index contributed by atoms with van der Waals surface area (Å²) in [6, 6.07) is 41.3. The Kier molecular flexibility index (Phi) is 4.26. The molecule has 3 heterocycles. The molecule has 4 heteroatoms. The third kappa shape index (κ3) is 2.87. The van der Waals surface area contributed by atoms with E-state index in [0.29, 0.717) is 5.56 Å². The molecule has 2 aliphatic heterocycles. The first-order chi connectivity index (χ1) is 18.8. The van der Waals surface area contributed by atoms with Crippen LogP contribution in [-0.4, -0.2) is 9.55 Å². The van der Waals surface area contributed by atoms with Crippen molar-refractivity contribution in [1.29, 1.82) is 5.26 Å². The average Bonchev–Trinajstić information content (AvgIpc) is 3.53. The molecular weight excluding hydrogens is 466 g/mol. The second-order valence-electron chi connectivity index (χ2n) is 9.53. The first kappa shape index (κ1) is 20.8. The zero-order chi connectivity index (χ0) is 25.2. The van der Waals surface area contributed by atoms with Crippen LogP contribution < -0.4 is 0 Å². The zero-order valence-electron chi connectivity index (χ0n) is 20.2. The Morgan fingerprint density at radius 3 is 2.21 bits per heavy atom. The Hall–Kier alpha value is -5.40. The van der Waals surface area contributed by atoms with E-state index in [1.165, 1.54) is 0 Å². The largest absolute Gasteiger partial charge is 0.455 e. The highest BCUT2D eigenvalue weighted by Gasteiger charge is 2.24. The quantitative estimate of drug-likeness (QED) is 0.246. The monoisotopic (exact) mass is 485 g/mol. The smallest absolute Gasteiger partial charge is 0.144 e. The molecule has 0 atom stereocenters. The summed E-state index contributed by atoms with van der Waals surface area (Å²) in [7, 11) is 0. The van der Waals surface area contributed by atoms with Crippen LogP contribution in [0.5, 0.6) is 0 Å². The Labute approximate surface area is 217 Å². The molecule has 0 aliphatic carbocycles. The maximum atomic E-state index is 9.64. The molecule has 4 nitrogen and oxygen atoms in total. The number of nitrogens with zero attached hydrogens (tertiary/aromatic N) is 3. The molecule has 0 radical (unpaired) electrons. The first-order valence-corrected chi connectivity index (χ1v) is 12.5. The fraction of sp³-hybridized carbons (Fsp3) is 0. The van der Waals surface area contributed by atoms with Crippen LogP contribution in [0.15, 0.2) is 120 Å². The topological polar surface area (TPSA) is 54.8 Å². The van der Waals surface area contributed by atoms with Crippen molar-refractivity contribution in [2.75, 3.05) is 0 Å². The molecule has 2 aliphatic rings. The molecule has 0 amide bonds. The highest BCUT2D eigenvalue weighted by Crippen LogP contribution is 2.45.